The zero-order chi connectivity index (χ0) is 32.3. The second-order valence-corrected chi connectivity index (χ2v) is 12.7. The molecule has 3 aromatic rings. The summed E-state index contributed by atoms with van der Waals surface area (Å²) >= 11 is 1.79. The smallest absolute Gasteiger partial charge is 0.493 e. The van der Waals surface area contributed by atoms with Gasteiger partial charge >= 0.3 is 15.6 Å². The number of hydrogen-bond acceptors (Lipinski definition) is 8. The van der Waals surface area contributed by atoms with Gasteiger partial charge in [-0.2, -0.15) is 21.6 Å². The van der Waals surface area contributed by atoms with Gasteiger partial charge in [-0.25, -0.2) is 0 Å². The first-order chi connectivity index (χ1) is 20.1. The van der Waals surface area contributed by atoms with Gasteiger partial charge in [0.2, 0.25) is 5.75 Å². The van der Waals surface area contributed by atoms with E-state index >= 15 is 0 Å². The van der Waals surface area contributed by atoms with Crippen LogP contribution in [0.4, 0.5) is 13.2 Å². The van der Waals surface area contributed by atoms with Gasteiger partial charge in [0, 0.05) is 20.9 Å². The number of hydrogen-bond donors (Lipinski definition) is 1. The van der Waals surface area contributed by atoms with Crippen LogP contribution in [0.3, 0.4) is 0 Å². The predicted molar refractivity (Wildman–Crippen MR) is 162 cm³/mol. The van der Waals surface area contributed by atoms with Gasteiger partial charge in [-0.3, -0.25) is 0 Å². The highest BCUT2D eigenvalue weighted by Gasteiger charge is 2.49. The van der Waals surface area contributed by atoms with Gasteiger partial charge in [-0.15, -0.1) is 0 Å². The molecule has 0 saturated carbocycles. The molecule has 0 fully saturated rings. The minimum Gasteiger partial charge on any atom is -0.493 e. The van der Waals surface area contributed by atoms with Gasteiger partial charge in [0.25, 0.3) is 0 Å². The molecule has 3 aromatic carbocycles. The largest absolute Gasteiger partial charge is 0.534 e. The molecule has 236 valence electrons. The van der Waals surface area contributed by atoms with Crippen LogP contribution in [0.5, 0.6) is 17.2 Å². The van der Waals surface area contributed by atoms with Crippen LogP contribution < -0.4 is 14.2 Å². The SMILES string of the molecule is CC(C)(C)O.COc1cc2c(c(OC)c1OC)CCCC=C2OS(=O)(=O)C(F)(F)F.c1ccc(Sc2ccccc2)cc1. The summed E-state index contributed by atoms with van der Waals surface area (Å²) in [6.07, 6.45) is 2.65. The molecule has 0 aromatic heterocycles. The second kappa shape index (κ2) is 15.9. The maximum absolute atomic E-state index is 12.7. The highest BCUT2D eigenvalue weighted by atomic mass is 32.2. The highest BCUT2D eigenvalue weighted by molar-refractivity contribution is 7.99. The Morgan fingerprint density at radius 3 is 1.72 bits per heavy atom. The van der Waals surface area contributed by atoms with Crippen molar-refractivity contribution in [2.45, 2.75) is 60.9 Å². The zero-order valence-electron chi connectivity index (χ0n) is 24.9. The van der Waals surface area contributed by atoms with Crippen molar-refractivity contribution >= 4 is 27.6 Å². The molecule has 0 spiro atoms. The fraction of sp³-hybridized carbons (Fsp3) is 0.355. The van der Waals surface area contributed by atoms with Crippen molar-refractivity contribution in [1.29, 1.82) is 0 Å². The standard InChI is InChI=1S/C15H17F3O6S.C12H10S.C4H10O/c1-21-12-8-10-9(13(22-2)14(12)23-3)6-4-5-7-11(10)24-25(19,20)15(16,17)18;1-3-7-11(8-4-1)13-12-9-5-2-6-10-12;1-4(2,3)5/h7-8H,4-6H2,1-3H3;1-10H;5H,1-3H3. The molecule has 1 aliphatic carbocycles. The summed E-state index contributed by atoms with van der Waals surface area (Å²) in [5.74, 6) is 0.296. The van der Waals surface area contributed by atoms with Crippen molar-refractivity contribution in [2.75, 3.05) is 21.3 Å². The molecule has 0 unspecified atom stereocenters. The van der Waals surface area contributed by atoms with E-state index in [2.05, 4.69) is 52.7 Å². The van der Waals surface area contributed by atoms with E-state index in [0.717, 1.165) is 0 Å². The number of alkyl halides is 3. The van der Waals surface area contributed by atoms with E-state index in [1.54, 1.807) is 32.5 Å². The van der Waals surface area contributed by atoms with Crippen molar-refractivity contribution in [3.8, 4) is 17.2 Å². The van der Waals surface area contributed by atoms with Crippen LogP contribution in [0.25, 0.3) is 5.76 Å². The third-order valence-corrected chi connectivity index (χ3v) is 7.35. The van der Waals surface area contributed by atoms with Crippen LogP contribution in [-0.2, 0) is 20.7 Å². The van der Waals surface area contributed by atoms with E-state index in [-0.39, 0.29) is 22.8 Å². The molecule has 1 N–H and O–H groups in total. The number of ether oxygens (including phenoxy) is 3. The van der Waals surface area contributed by atoms with Gasteiger partial charge in [0.1, 0.15) is 5.76 Å². The van der Waals surface area contributed by atoms with Crippen molar-refractivity contribution in [3.63, 3.8) is 0 Å². The summed E-state index contributed by atoms with van der Waals surface area (Å²) in [4.78, 5) is 2.57. The molecule has 0 heterocycles. The lowest BCUT2D eigenvalue weighted by Crippen LogP contribution is -2.25. The number of methoxy groups -OCH3 is 3. The molecule has 0 aliphatic heterocycles. The number of aliphatic hydroxyl groups is 1. The van der Waals surface area contributed by atoms with Crippen molar-refractivity contribution in [1.82, 2.24) is 0 Å². The summed E-state index contributed by atoms with van der Waals surface area (Å²) in [7, 11) is -1.68. The summed E-state index contributed by atoms with van der Waals surface area (Å²) in [5, 5.41) is 8.52. The highest BCUT2D eigenvalue weighted by Crippen LogP contribution is 2.46. The first kappa shape index (κ1) is 35.8. The van der Waals surface area contributed by atoms with E-state index in [4.69, 9.17) is 19.3 Å². The van der Waals surface area contributed by atoms with E-state index < -0.39 is 27.0 Å². The fourth-order valence-electron chi connectivity index (χ4n) is 3.66. The fourth-order valence-corrected chi connectivity index (χ4v) is 5.01. The minimum atomic E-state index is -5.79. The van der Waals surface area contributed by atoms with Gasteiger partial charge in [-0.1, -0.05) is 48.2 Å². The number of halogens is 3. The molecule has 0 saturated heterocycles. The molecule has 0 atom stereocenters. The van der Waals surface area contributed by atoms with Gasteiger partial charge in [0.15, 0.2) is 11.5 Å². The Bertz CT molecular complexity index is 1390. The molecule has 43 heavy (non-hydrogen) atoms. The molecular formula is C31H37F3O7S2. The first-order valence-electron chi connectivity index (χ1n) is 13.1. The molecule has 0 amide bonds. The Morgan fingerprint density at radius 1 is 0.814 bits per heavy atom. The van der Waals surface area contributed by atoms with Crippen molar-refractivity contribution in [2.24, 2.45) is 0 Å². The molecule has 0 bridgehead atoms. The van der Waals surface area contributed by atoms with E-state index in [1.807, 2.05) is 12.1 Å². The summed E-state index contributed by atoms with van der Waals surface area (Å²) in [5.41, 5.74) is -5.39. The number of benzene rings is 3. The minimum absolute atomic E-state index is 0.153. The summed E-state index contributed by atoms with van der Waals surface area (Å²) in [6, 6.07) is 22.2. The van der Waals surface area contributed by atoms with Gasteiger partial charge in [0.05, 0.1) is 26.9 Å². The Hall–Kier alpha value is -3.35. The predicted octanol–water partition coefficient (Wildman–Crippen LogP) is 7.87. The third-order valence-electron chi connectivity index (χ3n) is 5.36. The monoisotopic (exact) mass is 642 g/mol. The lowest BCUT2D eigenvalue weighted by molar-refractivity contribution is -0.0509. The first-order valence-corrected chi connectivity index (χ1v) is 15.4. The summed E-state index contributed by atoms with van der Waals surface area (Å²) < 4.78 is 80.9. The molecular weight excluding hydrogens is 605 g/mol. The zero-order valence-corrected chi connectivity index (χ0v) is 26.5. The molecule has 4 rings (SSSR count). The Kier molecular flexibility index (Phi) is 13.3. The van der Waals surface area contributed by atoms with E-state index in [1.165, 1.54) is 43.3 Å². The average molecular weight is 643 g/mol. The normalized spacial score (nSPS) is 13.0. The number of fused-ring (bicyclic) bond motifs is 1. The molecule has 0 radical (unpaired) electrons. The van der Waals surface area contributed by atoms with Crippen LogP contribution in [0, 0.1) is 0 Å². The van der Waals surface area contributed by atoms with Crippen LogP contribution in [0.2, 0.25) is 0 Å². The van der Waals surface area contributed by atoms with Gasteiger partial charge < -0.3 is 23.5 Å². The number of rotatable bonds is 7. The number of allylic oxidation sites excluding steroid dienone is 1. The third kappa shape index (κ3) is 11.3. The maximum atomic E-state index is 12.7. The Balaban J connectivity index is 0.000000296. The van der Waals surface area contributed by atoms with Gasteiger partial charge in [-0.05, 0) is 76.4 Å². The lowest BCUT2D eigenvalue weighted by atomic mass is 10.0. The Labute approximate surface area is 255 Å². The lowest BCUT2D eigenvalue weighted by Gasteiger charge is -2.20. The Morgan fingerprint density at radius 2 is 1.30 bits per heavy atom. The van der Waals surface area contributed by atoms with E-state index in [9.17, 15) is 21.6 Å². The summed E-state index contributed by atoms with van der Waals surface area (Å²) in [6.45, 7) is 5.23. The topological polar surface area (TPSA) is 91.3 Å². The van der Waals surface area contributed by atoms with Crippen LogP contribution in [0.15, 0.2) is 82.6 Å². The van der Waals surface area contributed by atoms with Crippen LogP contribution in [0.1, 0.15) is 44.7 Å². The van der Waals surface area contributed by atoms with Crippen LogP contribution >= 0.6 is 11.8 Å². The quantitative estimate of drug-likeness (QED) is 0.206. The van der Waals surface area contributed by atoms with Crippen molar-refractivity contribution in [3.05, 3.63) is 83.9 Å². The maximum Gasteiger partial charge on any atom is 0.534 e. The van der Waals surface area contributed by atoms with E-state index in [0.29, 0.717) is 24.8 Å². The average Bonchev–Trinajstić information content (AvgIpc) is 3.13. The molecule has 7 nitrogen and oxygen atoms in total. The molecule has 12 heteroatoms. The van der Waals surface area contributed by atoms with Crippen LogP contribution in [-0.4, -0.2) is 46.0 Å². The second-order valence-electron chi connectivity index (χ2n) is 10.0. The molecule has 1 aliphatic rings. The van der Waals surface area contributed by atoms with Crippen molar-refractivity contribution < 1.29 is 45.1 Å².